The van der Waals surface area contributed by atoms with E-state index in [-0.39, 0.29) is 47.3 Å². The summed E-state index contributed by atoms with van der Waals surface area (Å²) < 4.78 is 155. The Hall–Kier alpha value is -2.77. The number of benzene rings is 4. The van der Waals surface area contributed by atoms with E-state index in [0.717, 1.165) is 128 Å². The van der Waals surface area contributed by atoms with Crippen molar-refractivity contribution in [3.05, 3.63) is 119 Å². The van der Waals surface area contributed by atoms with Gasteiger partial charge in [0.15, 0.2) is 0 Å². The third-order valence-electron chi connectivity index (χ3n) is 21.9. The summed E-state index contributed by atoms with van der Waals surface area (Å²) in [5.41, 5.74) is 1.39. The second-order valence-electron chi connectivity index (χ2n) is 32.1. The van der Waals surface area contributed by atoms with Gasteiger partial charge in [-0.05, 0) is 0 Å². The van der Waals surface area contributed by atoms with E-state index in [1.165, 1.54) is 177 Å². The third-order valence-corrected chi connectivity index (χ3v) is 35.2. The van der Waals surface area contributed by atoms with Gasteiger partial charge in [0.05, 0.1) is 0 Å². The SMILES string of the molecule is CCCCCCCCCCCCC(c1ccccc1S(=O)(=O)[O][Ti]([O]S(=O)(=O)c1ccccc1C(CCCCCCCCCCCC)C(C)C)([O]S(=O)(=O)c1ccccc1C(CCCCCCCCCCCC)C(C)C)[O]S(=O)(=O)c1ccccc1C(CCCCCCCCCCCC)C(C)C)C(C)C. The van der Waals surface area contributed by atoms with Gasteiger partial charge in [0.1, 0.15) is 0 Å². The van der Waals surface area contributed by atoms with Crippen molar-refractivity contribution >= 4 is 40.5 Å². The van der Waals surface area contributed by atoms with Crippen LogP contribution in [-0.4, -0.2) is 33.7 Å². The first-order chi connectivity index (χ1) is 50.3. The van der Waals surface area contributed by atoms with E-state index in [1.807, 2.05) is 55.4 Å². The molecular formula is C88H148O12S4Ti. The van der Waals surface area contributed by atoms with Gasteiger partial charge in [0, 0.05) is 0 Å². The first-order valence-corrected chi connectivity index (χ1v) is 50.7. The topological polar surface area (TPSA) is 173 Å². The Morgan fingerprint density at radius 2 is 0.371 bits per heavy atom. The summed E-state index contributed by atoms with van der Waals surface area (Å²) in [7, 11) is -22.1. The summed E-state index contributed by atoms with van der Waals surface area (Å²) in [6.45, 7) is 25.0. The maximum absolute atomic E-state index is 16.2. The van der Waals surface area contributed by atoms with Crippen molar-refractivity contribution in [3.63, 3.8) is 0 Å². The second-order valence-corrected chi connectivity index (χ2v) is 42.8. The molecule has 4 atom stereocenters. The van der Waals surface area contributed by atoms with Crippen LogP contribution < -0.4 is 0 Å². The van der Waals surface area contributed by atoms with E-state index in [0.29, 0.717) is 47.9 Å². The standard InChI is InChI=1S/4C22H38O3S.Ti/c4*1-4-5-6-7-8-9-10-11-12-13-16-20(19(2)3)21-17-14-15-18-22(21)26(23,24)25;/h4*14-15,17-20H,4-13,16H2,1-3H3,(H,23,24,25);/q;;;;+4/p-4. The predicted octanol–water partition coefficient (Wildman–Crippen LogP) is 27.6. The molecule has 600 valence electrons. The number of rotatable bonds is 64. The fraction of sp³-hybridized carbons (Fsp3) is 0.727. The molecule has 0 radical (unpaired) electrons. The normalized spacial score (nSPS) is 14.4. The molecule has 0 saturated heterocycles. The van der Waals surface area contributed by atoms with E-state index in [1.54, 1.807) is 48.5 Å². The molecule has 4 rings (SSSR count). The summed E-state index contributed by atoms with van der Waals surface area (Å²) in [5, 5.41) is 0. The molecule has 0 aliphatic rings. The molecule has 0 amide bonds. The first kappa shape index (κ1) is 94.6. The number of hydrogen-bond acceptors (Lipinski definition) is 12. The van der Waals surface area contributed by atoms with Crippen molar-refractivity contribution in [1.29, 1.82) is 0 Å². The molecule has 4 aromatic rings. The van der Waals surface area contributed by atoms with E-state index >= 15 is 33.7 Å². The molecular weight excluding hydrogens is 1430 g/mol. The van der Waals surface area contributed by atoms with Crippen LogP contribution in [0.5, 0.6) is 0 Å². The van der Waals surface area contributed by atoms with E-state index in [9.17, 15) is 0 Å². The minimum atomic E-state index is -7.86. The Kier molecular flexibility index (Phi) is 47.3. The summed E-state index contributed by atoms with van der Waals surface area (Å²) in [4.78, 5) is -1.61. The quantitative estimate of drug-likeness (QED) is 0.0303. The molecule has 0 heterocycles. The fourth-order valence-electron chi connectivity index (χ4n) is 15.7. The predicted molar refractivity (Wildman–Crippen MR) is 435 cm³/mol. The van der Waals surface area contributed by atoms with Crippen molar-refractivity contribution in [2.24, 2.45) is 23.7 Å². The van der Waals surface area contributed by atoms with Gasteiger partial charge in [0.2, 0.25) is 0 Å². The van der Waals surface area contributed by atoms with Crippen LogP contribution >= 0.6 is 0 Å². The summed E-state index contributed by atoms with van der Waals surface area (Å²) in [6.07, 6.45) is 47.0. The molecule has 0 aromatic heterocycles. The molecule has 17 heteroatoms. The van der Waals surface area contributed by atoms with Crippen LogP contribution in [0.1, 0.15) is 412 Å². The Morgan fingerprint density at radius 3 is 0.524 bits per heavy atom. The maximum atomic E-state index is 16.2. The minimum absolute atomic E-state index is 0.113. The van der Waals surface area contributed by atoms with Crippen molar-refractivity contribution < 1.29 is 62.9 Å². The van der Waals surface area contributed by atoms with Crippen molar-refractivity contribution in [2.75, 3.05) is 0 Å². The van der Waals surface area contributed by atoms with Crippen LogP contribution in [0.15, 0.2) is 117 Å². The summed E-state index contributed by atoms with van der Waals surface area (Å²) in [5.74, 6) is -1.97. The van der Waals surface area contributed by atoms with Gasteiger partial charge in [-0.1, -0.05) is 130 Å². The molecule has 105 heavy (non-hydrogen) atoms. The van der Waals surface area contributed by atoms with Crippen molar-refractivity contribution in [2.45, 2.75) is 409 Å². The Morgan fingerprint density at radius 1 is 0.229 bits per heavy atom. The zero-order valence-electron chi connectivity index (χ0n) is 68.0. The average molecular weight is 1570 g/mol. The molecule has 0 aliphatic heterocycles. The van der Waals surface area contributed by atoms with Crippen LogP contribution in [0.2, 0.25) is 0 Å². The van der Waals surface area contributed by atoms with Gasteiger partial charge in [-0.3, -0.25) is 0 Å². The van der Waals surface area contributed by atoms with Crippen LogP contribution in [0.25, 0.3) is 0 Å². The van der Waals surface area contributed by atoms with Gasteiger partial charge >= 0.3 is 525 Å². The van der Waals surface area contributed by atoms with Crippen LogP contribution in [0.4, 0.5) is 0 Å². The fourth-order valence-corrected chi connectivity index (χ4v) is 29.8. The van der Waals surface area contributed by atoms with E-state index in [2.05, 4.69) is 27.7 Å². The summed E-state index contributed by atoms with van der Waals surface area (Å²) in [6, 6.07) is 25.1. The Bertz CT molecular complexity index is 2970. The molecule has 0 bridgehead atoms. The Balaban J connectivity index is 2.01. The van der Waals surface area contributed by atoms with Gasteiger partial charge < -0.3 is 0 Å². The van der Waals surface area contributed by atoms with Crippen LogP contribution in [-0.2, 0) is 69.7 Å². The van der Waals surface area contributed by atoms with Gasteiger partial charge in [-0.15, -0.1) is 0 Å². The monoisotopic (exact) mass is 1570 g/mol. The first-order valence-electron chi connectivity index (χ1n) is 42.5. The number of unbranched alkanes of at least 4 members (excludes halogenated alkanes) is 36. The van der Waals surface area contributed by atoms with E-state index < -0.39 is 78.2 Å². The Labute approximate surface area is 650 Å². The van der Waals surface area contributed by atoms with Crippen molar-refractivity contribution in [1.82, 2.24) is 0 Å². The average Bonchev–Trinajstić information content (AvgIpc) is 0.732. The van der Waals surface area contributed by atoms with Gasteiger partial charge in [-0.25, -0.2) is 0 Å². The third kappa shape index (κ3) is 34.8. The number of hydrogen-bond donors (Lipinski definition) is 0. The molecule has 4 aromatic carbocycles. The van der Waals surface area contributed by atoms with Crippen LogP contribution in [0.3, 0.4) is 0 Å². The zero-order chi connectivity index (χ0) is 77.0. The van der Waals surface area contributed by atoms with Crippen LogP contribution in [0, 0.1) is 23.7 Å². The van der Waals surface area contributed by atoms with Gasteiger partial charge in [-0.2, -0.15) is 0 Å². The second kappa shape index (κ2) is 52.5. The molecule has 0 fully saturated rings. The molecule has 0 N–H and O–H groups in total. The molecule has 4 unspecified atom stereocenters. The molecule has 12 nitrogen and oxygen atoms in total. The summed E-state index contributed by atoms with van der Waals surface area (Å²) >= 11 is -7.86. The zero-order valence-corrected chi connectivity index (χ0v) is 72.8. The molecule has 0 spiro atoms. The van der Waals surface area contributed by atoms with Gasteiger partial charge in [0.25, 0.3) is 0 Å². The molecule has 0 saturated carbocycles. The van der Waals surface area contributed by atoms with E-state index in [4.69, 9.17) is 11.1 Å². The molecule has 0 aliphatic carbocycles. The van der Waals surface area contributed by atoms with Crippen molar-refractivity contribution in [3.8, 4) is 0 Å².